The average molecular weight is 387 g/mol. The SMILES string of the molecule is O=C(O)c1c(CN2CCN3CCCC3C2)c(-c2ccccc2)nc2ccccc12. The summed E-state index contributed by atoms with van der Waals surface area (Å²) < 4.78 is 0. The molecule has 0 radical (unpaired) electrons. The van der Waals surface area contributed by atoms with Crippen LogP contribution in [0.4, 0.5) is 0 Å². The minimum Gasteiger partial charge on any atom is -0.478 e. The van der Waals surface area contributed by atoms with Crippen LogP contribution in [0.15, 0.2) is 54.6 Å². The number of carboxylic acid groups (broad SMARTS) is 1. The van der Waals surface area contributed by atoms with E-state index < -0.39 is 5.97 Å². The van der Waals surface area contributed by atoms with Crippen molar-refractivity contribution in [3.8, 4) is 11.3 Å². The highest BCUT2D eigenvalue weighted by molar-refractivity contribution is 6.05. The quantitative estimate of drug-likeness (QED) is 0.736. The molecule has 1 aromatic heterocycles. The molecule has 5 heteroatoms. The maximum atomic E-state index is 12.4. The van der Waals surface area contributed by atoms with Crippen molar-refractivity contribution in [2.75, 3.05) is 26.2 Å². The molecular weight excluding hydrogens is 362 g/mol. The first kappa shape index (κ1) is 18.3. The number of aromatic nitrogens is 1. The lowest BCUT2D eigenvalue weighted by Crippen LogP contribution is -2.49. The highest BCUT2D eigenvalue weighted by Gasteiger charge is 2.32. The van der Waals surface area contributed by atoms with Crippen molar-refractivity contribution in [1.29, 1.82) is 0 Å². The minimum absolute atomic E-state index is 0.392. The third-order valence-electron chi connectivity index (χ3n) is 6.31. The van der Waals surface area contributed by atoms with Crippen molar-refractivity contribution in [3.05, 3.63) is 65.7 Å². The first-order chi connectivity index (χ1) is 14.2. The van der Waals surface area contributed by atoms with Crippen molar-refractivity contribution in [1.82, 2.24) is 14.8 Å². The lowest BCUT2D eigenvalue weighted by molar-refractivity contribution is 0.0693. The van der Waals surface area contributed by atoms with E-state index in [0.717, 1.165) is 42.0 Å². The summed E-state index contributed by atoms with van der Waals surface area (Å²) in [7, 11) is 0. The Hall–Kier alpha value is -2.76. The summed E-state index contributed by atoms with van der Waals surface area (Å²) in [4.78, 5) is 22.3. The number of rotatable bonds is 4. The summed E-state index contributed by atoms with van der Waals surface area (Å²) >= 11 is 0. The summed E-state index contributed by atoms with van der Waals surface area (Å²) in [5, 5.41) is 10.9. The number of fused-ring (bicyclic) bond motifs is 2. The Morgan fingerprint density at radius 3 is 2.66 bits per heavy atom. The van der Waals surface area contributed by atoms with Gasteiger partial charge in [0, 0.05) is 48.7 Å². The molecule has 1 unspecified atom stereocenters. The third kappa shape index (κ3) is 3.41. The van der Waals surface area contributed by atoms with Gasteiger partial charge in [0.2, 0.25) is 0 Å². The standard InChI is InChI=1S/C24H25N3O2/c28-24(29)22-19-10-4-5-11-21(19)25-23(17-7-2-1-3-8-17)20(22)16-26-13-14-27-12-6-9-18(27)15-26/h1-5,7-8,10-11,18H,6,9,12-16H2,(H,28,29). The molecule has 1 atom stereocenters. The predicted molar refractivity (Wildman–Crippen MR) is 114 cm³/mol. The van der Waals surface area contributed by atoms with E-state index in [-0.39, 0.29) is 0 Å². The highest BCUT2D eigenvalue weighted by Crippen LogP contribution is 2.32. The molecule has 0 amide bonds. The molecule has 2 saturated heterocycles. The normalized spacial score (nSPS) is 20.1. The van der Waals surface area contributed by atoms with E-state index in [1.807, 2.05) is 54.6 Å². The predicted octanol–water partition coefficient (Wildman–Crippen LogP) is 3.88. The molecule has 148 valence electrons. The zero-order chi connectivity index (χ0) is 19.8. The molecule has 0 bridgehead atoms. The Morgan fingerprint density at radius 2 is 1.83 bits per heavy atom. The molecule has 2 aromatic carbocycles. The molecule has 3 heterocycles. The number of piperazine rings is 1. The number of aromatic carboxylic acids is 1. The number of carboxylic acids is 1. The second kappa shape index (κ2) is 7.58. The minimum atomic E-state index is -0.879. The van der Waals surface area contributed by atoms with Crippen LogP contribution in [0.1, 0.15) is 28.8 Å². The Labute approximate surface area is 170 Å². The molecule has 0 aliphatic carbocycles. The van der Waals surface area contributed by atoms with Crippen molar-refractivity contribution < 1.29 is 9.90 Å². The number of para-hydroxylation sites is 1. The van der Waals surface area contributed by atoms with Gasteiger partial charge in [-0.25, -0.2) is 9.78 Å². The fourth-order valence-corrected chi connectivity index (χ4v) is 4.91. The number of hydrogen-bond acceptors (Lipinski definition) is 4. The van der Waals surface area contributed by atoms with E-state index >= 15 is 0 Å². The second-order valence-corrected chi connectivity index (χ2v) is 8.07. The molecule has 5 rings (SSSR count). The highest BCUT2D eigenvalue weighted by atomic mass is 16.4. The number of carbonyl (C=O) groups is 1. The zero-order valence-corrected chi connectivity index (χ0v) is 16.4. The lowest BCUT2D eigenvalue weighted by atomic mass is 9.95. The van der Waals surface area contributed by atoms with Gasteiger partial charge >= 0.3 is 5.97 Å². The van der Waals surface area contributed by atoms with Crippen molar-refractivity contribution in [2.45, 2.75) is 25.4 Å². The van der Waals surface area contributed by atoms with Crippen LogP contribution in [0.2, 0.25) is 0 Å². The van der Waals surface area contributed by atoms with E-state index in [4.69, 9.17) is 4.98 Å². The number of pyridine rings is 1. The van der Waals surface area contributed by atoms with Gasteiger partial charge < -0.3 is 5.11 Å². The van der Waals surface area contributed by atoms with Crippen LogP contribution in [-0.2, 0) is 6.54 Å². The van der Waals surface area contributed by atoms with Crippen molar-refractivity contribution >= 4 is 16.9 Å². The van der Waals surface area contributed by atoms with Crippen LogP contribution < -0.4 is 0 Å². The number of nitrogens with zero attached hydrogens (tertiary/aromatic N) is 3. The van der Waals surface area contributed by atoms with Gasteiger partial charge in [-0.1, -0.05) is 48.5 Å². The average Bonchev–Trinajstić information content (AvgIpc) is 3.21. The molecule has 0 saturated carbocycles. The third-order valence-corrected chi connectivity index (χ3v) is 6.31. The van der Waals surface area contributed by atoms with Gasteiger partial charge in [-0.15, -0.1) is 0 Å². The Morgan fingerprint density at radius 1 is 1.03 bits per heavy atom. The van der Waals surface area contributed by atoms with Crippen LogP contribution in [-0.4, -0.2) is 58.1 Å². The van der Waals surface area contributed by atoms with Crippen LogP contribution in [0.3, 0.4) is 0 Å². The van der Waals surface area contributed by atoms with Gasteiger partial charge in [-0.2, -0.15) is 0 Å². The van der Waals surface area contributed by atoms with Crippen LogP contribution in [0.25, 0.3) is 22.2 Å². The summed E-state index contributed by atoms with van der Waals surface area (Å²) in [5.74, 6) is -0.879. The topological polar surface area (TPSA) is 56.7 Å². The largest absolute Gasteiger partial charge is 0.478 e. The Kier molecular flexibility index (Phi) is 4.78. The molecule has 0 spiro atoms. The van der Waals surface area contributed by atoms with Gasteiger partial charge in [0.1, 0.15) is 0 Å². The second-order valence-electron chi connectivity index (χ2n) is 8.07. The first-order valence-corrected chi connectivity index (χ1v) is 10.4. The van der Waals surface area contributed by atoms with Crippen LogP contribution >= 0.6 is 0 Å². The van der Waals surface area contributed by atoms with E-state index in [0.29, 0.717) is 23.5 Å². The summed E-state index contributed by atoms with van der Waals surface area (Å²) in [6.45, 7) is 4.85. The maximum Gasteiger partial charge on any atom is 0.336 e. The van der Waals surface area contributed by atoms with Crippen molar-refractivity contribution in [2.24, 2.45) is 0 Å². The molecule has 5 nitrogen and oxygen atoms in total. The molecule has 2 aliphatic rings. The summed E-state index contributed by atoms with van der Waals surface area (Å²) in [6, 6.07) is 18.1. The van der Waals surface area contributed by atoms with Gasteiger partial charge in [0.15, 0.2) is 0 Å². The Balaban J connectivity index is 1.63. The molecule has 2 fully saturated rings. The first-order valence-electron chi connectivity index (χ1n) is 10.4. The maximum absolute atomic E-state index is 12.4. The molecular formula is C24H25N3O2. The smallest absolute Gasteiger partial charge is 0.336 e. The van der Waals surface area contributed by atoms with E-state index in [1.54, 1.807) is 0 Å². The molecule has 29 heavy (non-hydrogen) atoms. The monoisotopic (exact) mass is 387 g/mol. The molecule has 3 aromatic rings. The summed E-state index contributed by atoms with van der Waals surface area (Å²) in [6.07, 6.45) is 2.51. The summed E-state index contributed by atoms with van der Waals surface area (Å²) in [5.41, 5.74) is 3.70. The fourth-order valence-electron chi connectivity index (χ4n) is 4.91. The van der Waals surface area contributed by atoms with E-state index in [9.17, 15) is 9.90 Å². The van der Waals surface area contributed by atoms with Crippen LogP contribution in [0, 0.1) is 0 Å². The van der Waals surface area contributed by atoms with E-state index in [1.165, 1.54) is 19.4 Å². The Bertz CT molecular complexity index is 1050. The van der Waals surface area contributed by atoms with Gasteiger partial charge in [0.25, 0.3) is 0 Å². The molecule has 1 N–H and O–H groups in total. The van der Waals surface area contributed by atoms with Crippen LogP contribution in [0.5, 0.6) is 0 Å². The van der Waals surface area contributed by atoms with Gasteiger partial charge in [-0.3, -0.25) is 9.80 Å². The number of hydrogen-bond donors (Lipinski definition) is 1. The van der Waals surface area contributed by atoms with Crippen molar-refractivity contribution in [3.63, 3.8) is 0 Å². The van der Waals surface area contributed by atoms with E-state index in [2.05, 4.69) is 9.80 Å². The number of benzene rings is 2. The van der Waals surface area contributed by atoms with Gasteiger partial charge in [0.05, 0.1) is 16.8 Å². The fraction of sp³-hybridized carbons (Fsp3) is 0.333. The zero-order valence-electron chi connectivity index (χ0n) is 16.4. The van der Waals surface area contributed by atoms with Gasteiger partial charge in [-0.05, 0) is 25.5 Å². The lowest BCUT2D eigenvalue weighted by Gasteiger charge is -2.38. The molecule has 2 aliphatic heterocycles.